The largest absolute Gasteiger partial charge is 0.736 e. The van der Waals surface area contributed by atoms with Crippen molar-refractivity contribution in [1.29, 1.82) is 0 Å². The first kappa shape index (κ1) is 10.7. The summed E-state index contributed by atoms with van der Waals surface area (Å²) in [6.07, 6.45) is -1.98. The molecule has 0 radical (unpaired) electrons. The lowest BCUT2D eigenvalue weighted by molar-refractivity contribution is -0.156. The van der Waals surface area contributed by atoms with Gasteiger partial charge in [0.05, 0.1) is 5.12 Å². The molecule has 0 fully saturated rings. The van der Waals surface area contributed by atoms with Gasteiger partial charge in [0.15, 0.2) is 0 Å². The standard InChI is InChI=1S/C6H10F2O2S/c1-3(2)4(9)6(7,8)5(10)11/h3-4,9H,1-2H3,(H,10,11)/p-1. The van der Waals surface area contributed by atoms with Gasteiger partial charge in [-0.25, -0.2) is 0 Å². The van der Waals surface area contributed by atoms with Crippen molar-refractivity contribution in [3.63, 3.8) is 0 Å². The Hall–Kier alpha value is -0.290. The van der Waals surface area contributed by atoms with E-state index in [0.29, 0.717) is 0 Å². The Balaban J connectivity index is 4.42. The molecule has 1 unspecified atom stereocenters. The number of hydrogen-bond acceptors (Lipinski definition) is 3. The van der Waals surface area contributed by atoms with E-state index in [9.17, 15) is 13.6 Å². The average Bonchev–Trinajstić information content (AvgIpc) is 1.85. The summed E-state index contributed by atoms with van der Waals surface area (Å²) in [7, 11) is 0. The molecule has 0 amide bonds. The van der Waals surface area contributed by atoms with Gasteiger partial charge in [-0.3, -0.25) is 0 Å². The Kier molecular flexibility index (Phi) is 3.31. The van der Waals surface area contributed by atoms with Crippen LogP contribution in [0.5, 0.6) is 0 Å². The summed E-state index contributed by atoms with van der Waals surface area (Å²) < 4.78 is 25.0. The second-order valence-corrected chi connectivity index (χ2v) is 2.97. The van der Waals surface area contributed by atoms with Crippen LogP contribution in [0.15, 0.2) is 0 Å². The molecule has 0 aromatic carbocycles. The fraction of sp³-hybridized carbons (Fsp3) is 0.833. The van der Waals surface area contributed by atoms with Gasteiger partial charge in [-0.15, -0.1) is 0 Å². The minimum absolute atomic E-state index is 0.683. The van der Waals surface area contributed by atoms with Crippen molar-refractivity contribution in [2.24, 2.45) is 5.92 Å². The van der Waals surface area contributed by atoms with Crippen molar-refractivity contribution >= 4 is 17.7 Å². The van der Waals surface area contributed by atoms with Gasteiger partial charge in [-0.2, -0.15) is 8.78 Å². The summed E-state index contributed by atoms with van der Waals surface area (Å²) in [4.78, 5) is 10.1. The number of carbonyl (C=O) groups excluding carboxylic acids is 1. The van der Waals surface area contributed by atoms with Crippen molar-refractivity contribution in [1.82, 2.24) is 0 Å². The Morgan fingerprint density at radius 3 is 2.00 bits per heavy atom. The van der Waals surface area contributed by atoms with Crippen LogP contribution in [-0.2, 0) is 17.4 Å². The zero-order valence-corrected chi connectivity index (χ0v) is 6.99. The maximum absolute atomic E-state index is 12.5. The van der Waals surface area contributed by atoms with E-state index in [-0.39, 0.29) is 0 Å². The molecule has 11 heavy (non-hydrogen) atoms. The fourth-order valence-corrected chi connectivity index (χ4v) is 0.660. The molecule has 0 aromatic rings. The lowest BCUT2D eigenvalue weighted by Gasteiger charge is -2.26. The predicted octanol–water partition coefficient (Wildman–Crippen LogP) is 0.712. The summed E-state index contributed by atoms with van der Waals surface area (Å²) in [6, 6.07) is 0. The molecule has 0 aromatic heterocycles. The summed E-state index contributed by atoms with van der Waals surface area (Å²) in [6.45, 7) is 2.77. The van der Waals surface area contributed by atoms with Gasteiger partial charge in [-0.1, -0.05) is 13.8 Å². The smallest absolute Gasteiger partial charge is 0.310 e. The van der Waals surface area contributed by atoms with Crippen LogP contribution in [0.3, 0.4) is 0 Å². The van der Waals surface area contributed by atoms with E-state index in [1.807, 2.05) is 0 Å². The number of hydrogen-bond donors (Lipinski definition) is 1. The molecule has 0 rings (SSSR count). The molecule has 0 bridgehead atoms. The summed E-state index contributed by atoms with van der Waals surface area (Å²) in [5, 5.41) is 7.08. The number of aliphatic hydroxyl groups is 1. The van der Waals surface area contributed by atoms with Crippen molar-refractivity contribution in [3.05, 3.63) is 0 Å². The first-order valence-corrected chi connectivity index (χ1v) is 3.48. The van der Waals surface area contributed by atoms with Crippen LogP contribution in [0.1, 0.15) is 13.8 Å². The van der Waals surface area contributed by atoms with Crippen LogP contribution >= 0.6 is 0 Å². The molecule has 1 N–H and O–H groups in total. The van der Waals surface area contributed by atoms with Gasteiger partial charge in [-0.05, 0) is 5.92 Å². The van der Waals surface area contributed by atoms with E-state index in [1.165, 1.54) is 13.8 Å². The minimum Gasteiger partial charge on any atom is -0.736 e. The van der Waals surface area contributed by atoms with E-state index < -0.39 is 23.1 Å². The quantitative estimate of drug-likeness (QED) is 0.655. The zero-order chi connectivity index (χ0) is 9.23. The fourth-order valence-electron chi connectivity index (χ4n) is 0.539. The summed E-state index contributed by atoms with van der Waals surface area (Å²) >= 11 is 3.76. The first-order chi connectivity index (χ1) is 4.80. The number of carbonyl (C=O) groups is 1. The molecular formula is C6H9F2O2S-. The molecule has 0 saturated carbocycles. The summed E-state index contributed by atoms with van der Waals surface area (Å²) in [5.41, 5.74) is 0. The lowest BCUT2D eigenvalue weighted by atomic mass is 10.0. The number of rotatable bonds is 3. The molecule has 2 nitrogen and oxygen atoms in total. The van der Waals surface area contributed by atoms with Crippen LogP contribution < -0.4 is 0 Å². The maximum Gasteiger partial charge on any atom is 0.310 e. The highest BCUT2D eigenvalue weighted by Crippen LogP contribution is 2.24. The third-order valence-electron chi connectivity index (χ3n) is 1.28. The second-order valence-electron chi connectivity index (χ2n) is 2.60. The predicted molar refractivity (Wildman–Crippen MR) is 38.2 cm³/mol. The van der Waals surface area contributed by atoms with E-state index >= 15 is 0 Å². The van der Waals surface area contributed by atoms with Gasteiger partial charge in [0, 0.05) is 0 Å². The zero-order valence-electron chi connectivity index (χ0n) is 6.17. The third kappa shape index (κ3) is 2.34. The molecule has 0 aliphatic carbocycles. The van der Waals surface area contributed by atoms with Gasteiger partial charge in [0.1, 0.15) is 6.10 Å². The maximum atomic E-state index is 12.5. The Morgan fingerprint density at radius 1 is 1.55 bits per heavy atom. The topological polar surface area (TPSA) is 37.3 Å². The van der Waals surface area contributed by atoms with Crippen LogP contribution in [0.2, 0.25) is 0 Å². The molecule has 0 saturated heterocycles. The normalized spacial score (nSPS) is 15.1. The van der Waals surface area contributed by atoms with Crippen molar-refractivity contribution in [2.45, 2.75) is 25.9 Å². The summed E-state index contributed by atoms with van der Waals surface area (Å²) in [5.74, 6) is -4.47. The van der Waals surface area contributed by atoms with Crippen molar-refractivity contribution < 1.29 is 18.7 Å². The van der Waals surface area contributed by atoms with Gasteiger partial charge >= 0.3 is 5.92 Å². The monoisotopic (exact) mass is 183 g/mol. The highest BCUT2D eigenvalue weighted by atomic mass is 32.1. The van der Waals surface area contributed by atoms with Gasteiger partial charge in [0.25, 0.3) is 0 Å². The van der Waals surface area contributed by atoms with E-state index in [0.717, 1.165) is 0 Å². The molecule has 0 aliphatic rings. The van der Waals surface area contributed by atoms with E-state index in [2.05, 4.69) is 12.6 Å². The Bertz CT molecular complexity index is 159. The van der Waals surface area contributed by atoms with E-state index in [1.54, 1.807) is 0 Å². The minimum atomic E-state index is -3.79. The number of aliphatic hydroxyl groups excluding tert-OH is 1. The van der Waals surface area contributed by atoms with E-state index in [4.69, 9.17) is 5.11 Å². The Morgan fingerprint density at radius 2 is 1.91 bits per heavy atom. The molecule has 0 heterocycles. The number of alkyl halides is 2. The SMILES string of the molecule is CC(C)C(O)C(F)(F)C(=O)[S-]. The average molecular weight is 183 g/mol. The first-order valence-electron chi connectivity index (χ1n) is 3.07. The van der Waals surface area contributed by atoms with Gasteiger partial charge < -0.3 is 22.5 Å². The highest BCUT2D eigenvalue weighted by Gasteiger charge is 2.41. The molecule has 5 heteroatoms. The van der Waals surface area contributed by atoms with Crippen molar-refractivity contribution in [3.8, 4) is 0 Å². The van der Waals surface area contributed by atoms with Crippen LogP contribution in [0.25, 0.3) is 0 Å². The van der Waals surface area contributed by atoms with Crippen molar-refractivity contribution in [2.75, 3.05) is 0 Å². The molecular weight excluding hydrogens is 174 g/mol. The molecule has 0 aliphatic heterocycles. The lowest BCUT2D eigenvalue weighted by Crippen LogP contribution is -2.43. The second kappa shape index (κ2) is 3.40. The van der Waals surface area contributed by atoms with Crippen LogP contribution in [-0.4, -0.2) is 22.2 Å². The molecule has 66 valence electrons. The number of halogens is 2. The molecule has 0 spiro atoms. The highest BCUT2D eigenvalue weighted by molar-refractivity contribution is 7.77. The van der Waals surface area contributed by atoms with Gasteiger partial charge in [0.2, 0.25) is 0 Å². The third-order valence-corrected chi connectivity index (χ3v) is 1.55. The molecule has 1 atom stereocenters. The van der Waals surface area contributed by atoms with Crippen LogP contribution in [0, 0.1) is 5.92 Å². The van der Waals surface area contributed by atoms with Crippen LogP contribution in [0.4, 0.5) is 8.78 Å². The Labute approximate surface area is 69.0 Å².